The standard InChI is InChI=1S/C14H14BrN3S/c15-11-2-5-13(19-14-16-6-1-7-17-14)10(8-11)9-18-12-3-4-12/h1-2,5-8,12,18H,3-4,9H2. The van der Waals surface area contributed by atoms with Gasteiger partial charge in [-0.1, -0.05) is 15.9 Å². The highest BCUT2D eigenvalue weighted by Crippen LogP contribution is 2.30. The Labute approximate surface area is 125 Å². The smallest absolute Gasteiger partial charge is 0.192 e. The molecule has 5 heteroatoms. The largest absolute Gasteiger partial charge is 0.310 e. The minimum atomic E-state index is 0.713. The van der Waals surface area contributed by atoms with E-state index in [0.717, 1.165) is 16.2 Å². The minimum Gasteiger partial charge on any atom is -0.310 e. The van der Waals surface area contributed by atoms with Crippen LogP contribution in [0.1, 0.15) is 18.4 Å². The summed E-state index contributed by atoms with van der Waals surface area (Å²) in [6.45, 7) is 0.902. The highest BCUT2D eigenvalue weighted by atomic mass is 79.9. The maximum absolute atomic E-state index is 4.26. The van der Waals surface area contributed by atoms with E-state index in [9.17, 15) is 0 Å². The predicted molar refractivity (Wildman–Crippen MR) is 80.2 cm³/mol. The van der Waals surface area contributed by atoms with Crippen LogP contribution in [0, 0.1) is 0 Å². The van der Waals surface area contributed by atoms with Gasteiger partial charge in [-0.3, -0.25) is 0 Å². The fourth-order valence-corrected chi connectivity index (χ4v) is 2.99. The van der Waals surface area contributed by atoms with E-state index in [0.29, 0.717) is 6.04 Å². The Hall–Kier alpha value is -0.910. The van der Waals surface area contributed by atoms with E-state index in [-0.39, 0.29) is 0 Å². The second-order valence-electron chi connectivity index (χ2n) is 4.54. The Morgan fingerprint density at radius 1 is 1.26 bits per heavy atom. The number of hydrogen-bond donors (Lipinski definition) is 1. The molecule has 1 fully saturated rings. The number of nitrogens with one attached hydrogen (secondary N) is 1. The van der Waals surface area contributed by atoms with Gasteiger partial charge in [-0.2, -0.15) is 0 Å². The summed E-state index contributed by atoms with van der Waals surface area (Å²) in [6.07, 6.45) is 6.16. The van der Waals surface area contributed by atoms with E-state index < -0.39 is 0 Å². The highest BCUT2D eigenvalue weighted by Gasteiger charge is 2.20. The number of benzene rings is 1. The molecule has 98 valence electrons. The normalized spacial score (nSPS) is 14.6. The Bertz CT molecular complexity index is 558. The second-order valence-corrected chi connectivity index (χ2v) is 6.47. The molecule has 1 saturated carbocycles. The molecule has 1 aromatic carbocycles. The SMILES string of the molecule is Brc1ccc(Sc2ncccn2)c(CNC2CC2)c1. The molecule has 0 amide bonds. The monoisotopic (exact) mass is 335 g/mol. The van der Waals surface area contributed by atoms with Gasteiger partial charge in [0.05, 0.1) is 0 Å². The molecule has 1 aliphatic rings. The lowest BCUT2D eigenvalue weighted by atomic mass is 10.2. The molecule has 0 atom stereocenters. The van der Waals surface area contributed by atoms with Crippen molar-refractivity contribution >= 4 is 27.7 Å². The summed E-state index contributed by atoms with van der Waals surface area (Å²) in [5.41, 5.74) is 1.29. The van der Waals surface area contributed by atoms with Crippen molar-refractivity contribution in [3.05, 3.63) is 46.7 Å². The van der Waals surface area contributed by atoms with Gasteiger partial charge in [0.2, 0.25) is 0 Å². The first-order valence-electron chi connectivity index (χ1n) is 6.28. The minimum absolute atomic E-state index is 0.713. The van der Waals surface area contributed by atoms with Crippen molar-refractivity contribution in [1.29, 1.82) is 0 Å². The van der Waals surface area contributed by atoms with Crippen LogP contribution in [0.2, 0.25) is 0 Å². The summed E-state index contributed by atoms with van der Waals surface area (Å²) in [5.74, 6) is 0. The number of nitrogens with zero attached hydrogens (tertiary/aromatic N) is 2. The first-order valence-corrected chi connectivity index (χ1v) is 7.89. The van der Waals surface area contributed by atoms with E-state index in [1.165, 1.54) is 23.3 Å². The zero-order valence-corrected chi connectivity index (χ0v) is 12.7. The predicted octanol–water partition coefficient (Wildman–Crippen LogP) is 3.64. The van der Waals surface area contributed by atoms with Gasteiger partial charge >= 0.3 is 0 Å². The van der Waals surface area contributed by atoms with E-state index in [2.05, 4.69) is 49.4 Å². The molecule has 0 saturated heterocycles. The van der Waals surface area contributed by atoms with Crippen LogP contribution < -0.4 is 5.32 Å². The Balaban J connectivity index is 1.78. The molecule has 1 aromatic heterocycles. The quantitative estimate of drug-likeness (QED) is 0.846. The number of rotatable bonds is 5. The van der Waals surface area contributed by atoms with Crippen LogP contribution >= 0.6 is 27.7 Å². The van der Waals surface area contributed by atoms with Crippen molar-refractivity contribution in [1.82, 2.24) is 15.3 Å². The fourth-order valence-electron chi connectivity index (χ4n) is 1.76. The molecule has 0 radical (unpaired) electrons. The number of halogens is 1. The van der Waals surface area contributed by atoms with Crippen molar-refractivity contribution in [3.63, 3.8) is 0 Å². The van der Waals surface area contributed by atoms with Crippen LogP contribution in [-0.4, -0.2) is 16.0 Å². The van der Waals surface area contributed by atoms with Crippen LogP contribution in [0.15, 0.2) is 51.2 Å². The van der Waals surface area contributed by atoms with Crippen molar-refractivity contribution < 1.29 is 0 Å². The second kappa shape index (κ2) is 6.03. The average Bonchev–Trinajstić information content (AvgIpc) is 3.24. The highest BCUT2D eigenvalue weighted by molar-refractivity contribution is 9.10. The van der Waals surface area contributed by atoms with Crippen molar-refractivity contribution in [3.8, 4) is 0 Å². The van der Waals surface area contributed by atoms with Gasteiger partial charge in [0.25, 0.3) is 0 Å². The third kappa shape index (κ3) is 3.78. The van der Waals surface area contributed by atoms with Crippen LogP contribution in [0.5, 0.6) is 0 Å². The fraction of sp³-hybridized carbons (Fsp3) is 0.286. The summed E-state index contributed by atoms with van der Waals surface area (Å²) in [5, 5.41) is 4.34. The maximum atomic E-state index is 4.26. The summed E-state index contributed by atoms with van der Waals surface area (Å²) in [6, 6.07) is 8.90. The molecule has 0 spiro atoms. The summed E-state index contributed by atoms with van der Waals surface area (Å²) < 4.78 is 1.11. The molecular weight excluding hydrogens is 322 g/mol. The molecule has 0 aliphatic heterocycles. The zero-order chi connectivity index (χ0) is 13.1. The van der Waals surface area contributed by atoms with Gasteiger partial charge in [-0.15, -0.1) is 0 Å². The molecule has 1 aliphatic carbocycles. The molecule has 1 N–H and O–H groups in total. The van der Waals surface area contributed by atoms with E-state index in [1.54, 1.807) is 24.2 Å². The molecule has 1 heterocycles. The van der Waals surface area contributed by atoms with E-state index in [4.69, 9.17) is 0 Å². The molecule has 3 rings (SSSR count). The van der Waals surface area contributed by atoms with Crippen LogP contribution in [-0.2, 0) is 6.54 Å². The number of hydrogen-bond acceptors (Lipinski definition) is 4. The van der Waals surface area contributed by atoms with E-state index in [1.807, 2.05) is 6.07 Å². The Morgan fingerprint density at radius 3 is 2.79 bits per heavy atom. The van der Waals surface area contributed by atoms with E-state index >= 15 is 0 Å². The van der Waals surface area contributed by atoms with Gasteiger partial charge < -0.3 is 5.32 Å². The molecule has 0 unspecified atom stereocenters. The van der Waals surface area contributed by atoms with Gasteiger partial charge in [0.1, 0.15) is 0 Å². The third-order valence-electron chi connectivity index (χ3n) is 2.92. The Kier molecular flexibility index (Phi) is 4.15. The first kappa shape index (κ1) is 13.1. The lowest BCUT2D eigenvalue weighted by Gasteiger charge is -2.10. The van der Waals surface area contributed by atoms with Crippen LogP contribution in [0.4, 0.5) is 0 Å². The van der Waals surface area contributed by atoms with Gasteiger partial charge in [0, 0.05) is 34.3 Å². The maximum Gasteiger partial charge on any atom is 0.192 e. The molecule has 0 bridgehead atoms. The summed E-state index contributed by atoms with van der Waals surface area (Å²) in [4.78, 5) is 9.74. The van der Waals surface area contributed by atoms with Crippen molar-refractivity contribution in [2.45, 2.75) is 35.5 Å². The lowest BCUT2D eigenvalue weighted by Crippen LogP contribution is -2.15. The van der Waals surface area contributed by atoms with Crippen molar-refractivity contribution in [2.75, 3.05) is 0 Å². The first-order chi connectivity index (χ1) is 9.31. The average molecular weight is 336 g/mol. The Morgan fingerprint density at radius 2 is 2.05 bits per heavy atom. The summed E-state index contributed by atoms with van der Waals surface area (Å²) in [7, 11) is 0. The molecule has 19 heavy (non-hydrogen) atoms. The summed E-state index contributed by atoms with van der Waals surface area (Å²) >= 11 is 5.15. The van der Waals surface area contributed by atoms with Crippen LogP contribution in [0.25, 0.3) is 0 Å². The third-order valence-corrected chi connectivity index (χ3v) is 4.43. The zero-order valence-electron chi connectivity index (χ0n) is 10.3. The molecule has 3 nitrogen and oxygen atoms in total. The van der Waals surface area contributed by atoms with Gasteiger partial charge in [-0.25, -0.2) is 9.97 Å². The topological polar surface area (TPSA) is 37.8 Å². The van der Waals surface area contributed by atoms with Crippen LogP contribution in [0.3, 0.4) is 0 Å². The van der Waals surface area contributed by atoms with Crippen molar-refractivity contribution in [2.24, 2.45) is 0 Å². The van der Waals surface area contributed by atoms with Gasteiger partial charge in [0.15, 0.2) is 5.16 Å². The van der Waals surface area contributed by atoms with Gasteiger partial charge in [-0.05, 0) is 54.4 Å². The lowest BCUT2D eigenvalue weighted by molar-refractivity contribution is 0.680. The molecular formula is C14H14BrN3S. The number of aromatic nitrogens is 2. The molecule has 2 aromatic rings.